The van der Waals surface area contributed by atoms with Gasteiger partial charge in [0.25, 0.3) is 5.56 Å². The summed E-state index contributed by atoms with van der Waals surface area (Å²) in [6.45, 7) is 3.30. The lowest BCUT2D eigenvalue weighted by molar-refractivity contribution is 0.652. The number of aromatic nitrogens is 1. The number of fused-ring (bicyclic) bond motifs is 1. The third-order valence-electron chi connectivity index (χ3n) is 5.73. The number of para-hydroxylation sites is 1. The first-order chi connectivity index (χ1) is 14.7. The minimum Gasteiger partial charge on any atom is -0.368 e. The molecule has 0 amide bonds. The number of anilines is 2. The number of halogens is 1. The Morgan fingerprint density at radius 3 is 2.10 bits per heavy atom. The highest BCUT2D eigenvalue weighted by Gasteiger charge is 2.24. The van der Waals surface area contributed by atoms with Crippen molar-refractivity contribution in [2.45, 2.75) is 0 Å². The maximum Gasteiger partial charge on any atom is 0.272 e. The number of piperazine rings is 1. The summed E-state index contributed by atoms with van der Waals surface area (Å²) < 4.78 is 0. The van der Waals surface area contributed by atoms with E-state index in [0.717, 1.165) is 53.9 Å². The number of pyridine rings is 1. The Bertz CT molecular complexity index is 1230. The van der Waals surface area contributed by atoms with Gasteiger partial charge in [-0.2, -0.15) is 0 Å². The van der Waals surface area contributed by atoms with Crippen molar-refractivity contribution in [2.24, 2.45) is 0 Å². The first-order valence-electron chi connectivity index (χ1n) is 10.2. The highest BCUT2D eigenvalue weighted by molar-refractivity contribution is 6.31. The fraction of sp³-hybridized carbons (Fsp3) is 0.160. The zero-order valence-corrected chi connectivity index (χ0v) is 17.3. The van der Waals surface area contributed by atoms with E-state index in [9.17, 15) is 4.79 Å². The molecule has 150 valence electrons. The lowest BCUT2D eigenvalue weighted by Crippen LogP contribution is -2.48. The monoisotopic (exact) mass is 415 g/mol. The van der Waals surface area contributed by atoms with Gasteiger partial charge >= 0.3 is 0 Å². The number of H-pyrrole nitrogens is 1. The smallest absolute Gasteiger partial charge is 0.272 e. The molecule has 1 N–H and O–H groups in total. The molecule has 0 aliphatic carbocycles. The van der Waals surface area contributed by atoms with E-state index in [4.69, 9.17) is 11.6 Å². The van der Waals surface area contributed by atoms with Gasteiger partial charge in [-0.25, -0.2) is 0 Å². The fourth-order valence-corrected chi connectivity index (χ4v) is 4.45. The summed E-state index contributed by atoms with van der Waals surface area (Å²) in [6, 6.07) is 26.2. The minimum absolute atomic E-state index is 0.0585. The van der Waals surface area contributed by atoms with E-state index < -0.39 is 0 Å². The molecule has 0 spiro atoms. The van der Waals surface area contributed by atoms with Crippen molar-refractivity contribution in [3.8, 4) is 11.1 Å². The predicted molar refractivity (Wildman–Crippen MR) is 126 cm³/mol. The number of hydrogen-bond donors (Lipinski definition) is 1. The van der Waals surface area contributed by atoms with E-state index in [2.05, 4.69) is 51.2 Å². The molecule has 1 saturated heterocycles. The number of benzene rings is 3. The van der Waals surface area contributed by atoms with Gasteiger partial charge in [-0.3, -0.25) is 4.79 Å². The van der Waals surface area contributed by atoms with Gasteiger partial charge in [0.1, 0.15) is 5.69 Å². The van der Waals surface area contributed by atoms with E-state index in [0.29, 0.717) is 5.02 Å². The molecule has 30 heavy (non-hydrogen) atoms. The van der Waals surface area contributed by atoms with Crippen LogP contribution in [0.25, 0.3) is 22.0 Å². The van der Waals surface area contributed by atoms with Crippen molar-refractivity contribution >= 4 is 33.9 Å². The summed E-state index contributed by atoms with van der Waals surface area (Å²) >= 11 is 6.33. The average Bonchev–Trinajstić information content (AvgIpc) is 2.80. The summed E-state index contributed by atoms with van der Waals surface area (Å²) in [5.41, 5.74) is 4.66. The number of nitrogens with zero attached hydrogens (tertiary/aromatic N) is 2. The predicted octanol–water partition coefficient (Wildman–Crippen LogP) is 5.18. The van der Waals surface area contributed by atoms with Crippen molar-refractivity contribution in [2.75, 3.05) is 36.0 Å². The average molecular weight is 416 g/mol. The normalized spacial score (nSPS) is 14.3. The second-order valence-electron chi connectivity index (χ2n) is 7.54. The number of rotatable bonds is 3. The van der Waals surface area contributed by atoms with Crippen LogP contribution in [0.15, 0.2) is 83.7 Å². The van der Waals surface area contributed by atoms with Crippen molar-refractivity contribution in [1.29, 1.82) is 0 Å². The van der Waals surface area contributed by atoms with E-state index in [1.165, 1.54) is 5.69 Å². The molecular weight excluding hydrogens is 394 g/mol. The van der Waals surface area contributed by atoms with Crippen LogP contribution in [0.4, 0.5) is 11.4 Å². The molecule has 4 nitrogen and oxygen atoms in total. The number of nitrogens with one attached hydrogen (secondary N) is 1. The zero-order valence-electron chi connectivity index (χ0n) is 16.5. The summed E-state index contributed by atoms with van der Waals surface area (Å²) in [6.07, 6.45) is 0. The Morgan fingerprint density at radius 1 is 0.767 bits per heavy atom. The van der Waals surface area contributed by atoms with E-state index in [1.807, 2.05) is 42.5 Å². The van der Waals surface area contributed by atoms with Gasteiger partial charge in [-0.1, -0.05) is 60.1 Å². The molecule has 0 unspecified atom stereocenters. The van der Waals surface area contributed by atoms with Crippen LogP contribution >= 0.6 is 11.6 Å². The molecule has 0 atom stereocenters. The van der Waals surface area contributed by atoms with Gasteiger partial charge in [0, 0.05) is 53.4 Å². The number of hydrogen-bond acceptors (Lipinski definition) is 3. The molecular formula is C25H22ClN3O. The van der Waals surface area contributed by atoms with Crippen LogP contribution in [0.1, 0.15) is 0 Å². The first kappa shape index (κ1) is 18.8. The molecule has 0 saturated carbocycles. The van der Waals surface area contributed by atoms with Crippen LogP contribution in [-0.2, 0) is 0 Å². The quantitative estimate of drug-likeness (QED) is 0.501. The molecule has 4 aromatic rings. The van der Waals surface area contributed by atoms with Gasteiger partial charge in [-0.05, 0) is 35.9 Å². The SMILES string of the molecule is O=c1[nH]c2ccc(Cl)cc2c(-c2ccccc2)c1N1CCN(c2ccccc2)CC1. The third-order valence-corrected chi connectivity index (χ3v) is 5.97. The van der Waals surface area contributed by atoms with Crippen molar-refractivity contribution in [3.05, 3.63) is 94.2 Å². The van der Waals surface area contributed by atoms with Gasteiger partial charge in [0.15, 0.2) is 0 Å². The molecule has 0 bridgehead atoms. The molecule has 1 aliphatic rings. The van der Waals surface area contributed by atoms with Crippen LogP contribution in [0.3, 0.4) is 0 Å². The fourth-order valence-electron chi connectivity index (χ4n) is 4.28. The summed E-state index contributed by atoms with van der Waals surface area (Å²) in [7, 11) is 0. The molecule has 3 aromatic carbocycles. The zero-order chi connectivity index (χ0) is 20.5. The Hall–Kier alpha value is -3.24. The lowest BCUT2D eigenvalue weighted by atomic mass is 9.98. The van der Waals surface area contributed by atoms with Crippen molar-refractivity contribution in [1.82, 2.24) is 4.98 Å². The van der Waals surface area contributed by atoms with E-state index in [-0.39, 0.29) is 5.56 Å². The van der Waals surface area contributed by atoms with Gasteiger partial charge < -0.3 is 14.8 Å². The molecule has 1 aliphatic heterocycles. The van der Waals surface area contributed by atoms with Crippen LogP contribution in [0.5, 0.6) is 0 Å². The van der Waals surface area contributed by atoms with Crippen molar-refractivity contribution < 1.29 is 0 Å². The summed E-state index contributed by atoms with van der Waals surface area (Å²) in [4.78, 5) is 20.9. The molecule has 1 fully saturated rings. The Morgan fingerprint density at radius 2 is 1.40 bits per heavy atom. The number of aromatic amines is 1. The molecule has 2 heterocycles. The van der Waals surface area contributed by atoms with Gasteiger partial charge in [0.2, 0.25) is 0 Å². The van der Waals surface area contributed by atoms with Crippen LogP contribution in [-0.4, -0.2) is 31.2 Å². The Balaban J connectivity index is 1.59. The van der Waals surface area contributed by atoms with E-state index >= 15 is 0 Å². The van der Waals surface area contributed by atoms with Crippen molar-refractivity contribution in [3.63, 3.8) is 0 Å². The summed E-state index contributed by atoms with van der Waals surface area (Å²) in [5, 5.41) is 1.63. The van der Waals surface area contributed by atoms with Gasteiger partial charge in [-0.15, -0.1) is 0 Å². The third kappa shape index (κ3) is 3.44. The highest BCUT2D eigenvalue weighted by atomic mass is 35.5. The first-order valence-corrected chi connectivity index (χ1v) is 10.5. The molecule has 5 heteroatoms. The molecule has 1 aromatic heterocycles. The summed E-state index contributed by atoms with van der Waals surface area (Å²) in [5.74, 6) is 0. The Kier molecular flexibility index (Phi) is 4.93. The largest absolute Gasteiger partial charge is 0.368 e. The van der Waals surface area contributed by atoms with Gasteiger partial charge in [0.05, 0.1) is 0 Å². The van der Waals surface area contributed by atoms with Crippen LogP contribution in [0.2, 0.25) is 5.02 Å². The minimum atomic E-state index is -0.0585. The second-order valence-corrected chi connectivity index (χ2v) is 7.98. The second kappa shape index (κ2) is 7.88. The molecule has 0 radical (unpaired) electrons. The van der Waals surface area contributed by atoms with Crippen LogP contribution in [0, 0.1) is 0 Å². The molecule has 5 rings (SSSR count). The van der Waals surface area contributed by atoms with E-state index in [1.54, 1.807) is 0 Å². The lowest BCUT2D eigenvalue weighted by Gasteiger charge is -2.37. The standard InChI is InChI=1S/C25H22ClN3O/c26-19-11-12-22-21(17-19)23(18-7-3-1-4-8-18)24(25(30)27-22)29-15-13-28(14-16-29)20-9-5-2-6-10-20/h1-12,17H,13-16H2,(H,27,30). The Labute approximate surface area is 180 Å². The highest BCUT2D eigenvalue weighted by Crippen LogP contribution is 2.36. The topological polar surface area (TPSA) is 39.3 Å². The maximum atomic E-state index is 13.2. The maximum absolute atomic E-state index is 13.2. The van der Waals surface area contributed by atoms with Crippen LogP contribution < -0.4 is 15.4 Å².